The average Bonchev–Trinajstić information content (AvgIpc) is 3.57. The summed E-state index contributed by atoms with van der Waals surface area (Å²) in [7, 11) is 0. The van der Waals surface area contributed by atoms with Gasteiger partial charge in [0.05, 0.1) is 18.1 Å². The van der Waals surface area contributed by atoms with Crippen LogP contribution in [0.25, 0.3) is 0 Å². The van der Waals surface area contributed by atoms with Crippen LogP contribution in [0.2, 0.25) is 5.02 Å². The summed E-state index contributed by atoms with van der Waals surface area (Å²) >= 11 is 5.98. The molecule has 3 aromatic rings. The van der Waals surface area contributed by atoms with Crippen molar-refractivity contribution >= 4 is 29.2 Å². The summed E-state index contributed by atoms with van der Waals surface area (Å²) in [6.45, 7) is 3.75. The first-order chi connectivity index (χ1) is 16.2. The van der Waals surface area contributed by atoms with Crippen LogP contribution in [0.1, 0.15) is 32.3 Å². The van der Waals surface area contributed by atoms with E-state index < -0.39 is 22.8 Å². The number of hydrogen-bond donors (Lipinski definition) is 2. The molecule has 0 radical (unpaired) electrons. The standard InChI is InChI=1S/C24H25ClN4O5/c1-15(2)34-19-9-7-18(8-10-19)26-21-27-22(32)29(14-24(11-12-24)20(30)31)23(33)28(21)13-16-3-5-17(25)6-4-16/h3-10,15H,11-14H2,1-2H3,(H,30,31)(H,26,27,32). The lowest BCUT2D eigenvalue weighted by Gasteiger charge is -2.17. The van der Waals surface area contributed by atoms with Crippen LogP contribution in [0, 0.1) is 5.41 Å². The number of hydrogen-bond acceptors (Lipinski definition) is 6. The smallest absolute Gasteiger partial charge is 0.354 e. The van der Waals surface area contributed by atoms with Crippen LogP contribution in [0.15, 0.2) is 58.1 Å². The Balaban J connectivity index is 1.72. The number of rotatable bonds is 9. The van der Waals surface area contributed by atoms with Crippen molar-refractivity contribution in [3.63, 3.8) is 0 Å². The van der Waals surface area contributed by atoms with Gasteiger partial charge in [-0.3, -0.25) is 9.36 Å². The van der Waals surface area contributed by atoms with Crippen LogP contribution >= 0.6 is 11.6 Å². The Labute approximate surface area is 200 Å². The fraction of sp³-hybridized carbons (Fsp3) is 0.333. The maximum absolute atomic E-state index is 13.4. The number of carboxylic acids is 1. The third-order valence-electron chi connectivity index (χ3n) is 5.65. The number of aliphatic carboxylic acids is 1. The molecule has 178 valence electrons. The Morgan fingerprint density at radius 1 is 1.12 bits per heavy atom. The first kappa shape index (κ1) is 23.6. The van der Waals surface area contributed by atoms with Gasteiger partial charge in [-0.2, -0.15) is 4.98 Å². The lowest BCUT2D eigenvalue weighted by Crippen LogP contribution is -2.45. The molecule has 10 heteroatoms. The highest BCUT2D eigenvalue weighted by atomic mass is 35.5. The summed E-state index contributed by atoms with van der Waals surface area (Å²) in [5.74, 6) is -0.279. The zero-order chi connectivity index (χ0) is 24.5. The van der Waals surface area contributed by atoms with E-state index in [1.165, 1.54) is 4.57 Å². The van der Waals surface area contributed by atoms with Crippen molar-refractivity contribution in [2.75, 3.05) is 5.32 Å². The van der Waals surface area contributed by atoms with Gasteiger partial charge in [0, 0.05) is 17.3 Å². The summed E-state index contributed by atoms with van der Waals surface area (Å²) in [5, 5.41) is 13.1. The molecule has 1 heterocycles. The molecule has 0 amide bonds. The van der Waals surface area contributed by atoms with Gasteiger partial charge in [0.15, 0.2) is 0 Å². The normalized spacial score (nSPS) is 14.1. The maximum atomic E-state index is 13.4. The number of anilines is 2. The van der Waals surface area contributed by atoms with Crippen molar-refractivity contribution in [1.82, 2.24) is 14.1 Å². The van der Waals surface area contributed by atoms with Crippen molar-refractivity contribution in [3.8, 4) is 5.75 Å². The molecule has 0 spiro atoms. The zero-order valence-electron chi connectivity index (χ0n) is 18.8. The molecule has 0 aliphatic heterocycles. The lowest BCUT2D eigenvalue weighted by atomic mass is 10.1. The minimum absolute atomic E-state index is 0.0261. The quantitative estimate of drug-likeness (QED) is 0.477. The summed E-state index contributed by atoms with van der Waals surface area (Å²) in [6, 6.07) is 14.0. The van der Waals surface area contributed by atoms with Gasteiger partial charge in [-0.25, -0.2) is 14.2 Å². The van der Waals surface area contributed by atoms with E-state index in [2.05, 4.69) is 10.3 Å². The third kappa shape index (κ3) is 5.14. The predicted molar refractivity (Wildman–Crippen MR) is 128 cm³/mol. The number of carboxylic acid groups (broad SMARTS) is 1. The van der Waals surface area contributed by atoms with E-state index in [4.69, 9.17) is 16.3 Å². The highest BCUT2D eigenvalue weighted by molar-refractivity contribution is 6.30. The SMILES string of the molecule is CC(C)Oc1ccc(Nc2nc(=O)n(CC3(C(=O)O)CC3)c(=O)n2Cc2ccc(Cl)cc2)cc1. The Kier molecular flexibility index (Phi) is 6.47. The monoisotopic (exact) mass is 484 g/mol. The number of carbonyl (C=O) groups is 1. The van der Waals surface area contributed by atoms with E-state index in [1.54, 1.807) is 48.5 Å². The Morgan fingerprint density at radius 3 is 2.32 bits per heavy atom. The first-order valence-corrected chi connectivity index (χ1v) is 11.3. The van der Waals surface area contributed by atoms with Crippen molar-refractivity contribution in [2.45, 2.75) is 45.9 Å². The van der Waals surface area contributed by atoms with E-state index in [1.807, 2.05) is 13.8 Å². The van der Waals surface area contributed by atoms with E-state index in [9.17, 15) is 19.5 Å². The molecule has 1 saturated carbocycles. The van der Waals surface area contributed by atoms with E-state index in [0.29, 0.717) is 29.3 Å². The molecule has 0 bridgehead atoms. The first-order valence-electron chi connectivity index (χ1n) is 10.9. The lowest BCUT2D eigenvalue weighted by molar-refractivity contribution is -0.143. The van der Waals surface area contributed by atoms with Crippen molar-refractivity contribution < 1.29 is 14.6 Å². The molecule has 1 fully saturated rings. The van der Waals surface area contributed by atoms with Gasteiger partial charge in [0.2, 0.25) is 5.95 Å². The molecule has 0 saturated heterocycles. The predicted octanol–water partition coefficient (Wildman–Crippen LogP) is 3.50. The Morgan fingerprint density at radius 2 is 1.76 bits per heavy atom. The molecule has 34 heavy (non-hydrogen) atoms. The molecular weight excluding hydrogens is 460 g/mol. The van der Waals surface area contributed by atoms with Crippen LogP contribution in [-0.4, -0.2) is 31.3 Å². The Hall–Kier alpha value is -3.59. The molecule has 0 unspecified atom stereocenters. The molecule has 2 N–H and O–H groups in total. The van der Waals surface area contributed by atoms with Gasteiger partial charge in [-0.05, 0) is 68.7 Å². The van der Waals surface area contributed by atoms with Gasteiger partial charge in [-0.15, -0.1) is 0 Å². The van der Waals surface area contributed by atoms with Gasteiger partial charge in [-0.1, -0.05) is 23.7 Å². The van der Waals surface area contributed by atoms with Gasteiger partial charge in [0.25, 0.3) is 0 Å². The van der Waals surface area contributed by atoms with Crippen LogP contribution in [0.3, 0.4) is 0 Å². The second kappa shape index (κ2) is 9.34. The van der Waals surface area contributed by atoms with Crippen LogP contribution < -0.4 is 21.4 Å². The topological polar surface area (TPSA) is 115 Å². The summed E-state index contributed by atoms with van der Waals surface area (Å²) in [4.78, 5) is 41.9. The number of benzene rings is 2. The highest BCUT2D eigenvalue weighted by Gasteiger charge is 2.51. The number of nitrogens with zero attached hydrogens (tertiary/aromatic N) is 3. The minimum atomic E-state index is -1.09. The van der Waals surface area contributed by atoms with E-state index in [-0.39, 0.29) is 25.1 Å². The molecule has 9 nitrogen and oxygen atoms in total. The van der Waals surface area contributed by atoms with E-state index >= 15 is 0 Å². The van der Waals surface area contributed by atoms with Gasteiger partial charge < -0.3 is 15.2 Å². The second-order valence-corrected chi connectivity index (χ2v) is 9.14. The molecular formula is C24H25ClN4O5. The fourth-order valence-electron chi connectivity index (χ4n) is 3.59. The van der Waals surface area contributed by atoms with Crippen molar-refractivity contribution in [3.05, 3.63) is 80.1 Å². The van der Waals surface area contributed by atoms with Crippen LogP contribution in [0.5, 0.6) is 5.75 Å². The number of aromatic nitrogens is 3. The molecule has 1 aliphatic carbocycles. The number of halogens is 1. The summed E-state index contributed by atoms with van der Waals surface area (Å²) < 4.78 is 7.87. The number of nitrogens with one attached hydrogen (secondary N) is 1. The van der Waals surface area contributed by atoms with Gasteiger partial charge in [0.1, 0.15) is 5.75 Å². The molecule has 2 aromatic carbocycles. The summed E-state index contributed by atoms with van der Waals surface area (Å²) in [6.07, 6.45) is 0.852. The minimum Gasteiger partial charge on any atom is -0.491 e. The Bertz CT molecular complexity index is 1310. The largest absolute Gasteiger partial charge is 0.491 e. The molecule has 1 aliphatic rings. The van der Waals surface area contributed by atoms with Gasteiger partial charge >= 0.3 is 17.3 Å². The average molecular weight is 485 g/mol. The molecule has 0 atom stereocenters. The second-order valence-electron chi connectivity index (χ2n) is 8.70. The van der Waals surface area contributed by atoms with Crippen molar-refractivity contribution in [2.24, 2.45) is 5.41 Å². The third-order valence-corrected chi connectivity index (χ3v) is 5.91. The maximum Gasteiger partial charge on any atom is 0.354 e. The zero-order valence-corrected chi connectivity index (χ0v) is 19.6. The fourth-order valence-corrected chi connectivity index (χ4v) is 3.71. The van der Waals surface area contributed by atoms with Crippen LogP contribution in [-0.2, 0) is 17.9 Å². The number of ether oxygens (including phenoxy) is 1. The molecule has 4 rings (SSSR count). The molecule has 1 aromatic heterocycles. The van der Waals surface area contributed by atoms with Crippen LogP contribution in [0.4, 0.5) is 11.6 Å². The van der Waals surface area contributed by atoms with Crippen molar-refractivity contribution in [1.29, 1.82) is 0 Å². The van der Waals surface area contributed by atoms with E-state index in [0.717, 1.165) is 10.1 Å². The summed E-state index contributed by atoms with van der Waals surface area (Å²) in [5.41, 5.74) is -1.16. The highest BCUT2D eigenvalue weighted by Crippen LogP contribution is 2.46.